The molecule has 3 aromatic rings. The first-order valence-electron chi connectivity index (χ1n) is 12.6. The third kappa shape index (κ3) is 8.35. The van der Waals surface area contributed by atoms with Crippen molar-refractivity contribution in [1.29, 1.82) is 0 Å². The Hall–Kier alpha value is -3.79. The molecule has 208 valence electrons. The van der Waals surface area contributed by atoms with Crippen LogP contribution in [0.3, 0.4) is 0 Å². The first-order valence-corrected chi connectivity index (χ1v) is 14.4. The van der Waals surface area contributed by atoms with Crippen molar-refractivity contribution in [2.24, 2.45) is 0 Å². The van der Waals surface area contributed by atoms with Crippen LogP contribution < -0.4 is 9.62 Å². The third-order valence-corrected chi connectivity index (χ3v) is 7.47. The highest BCUT2D eigenvalue weighted by Crippen LogP contribution is 2.23. The van der Waals surface area contributed by atoms with Gasteiger partial charge in [-0.05, 0) is 48.7 Å². The Morgan fingerprint density at radius 3 is 2.10 bits per heavy atom. The topological polar surface area (TPSA) is 86.8 Å². The number of amides is 2. The molecular formula is C29H33F2N3O4S. The minimum Gasteiger partial charge on any atom is -0.352 e. The average Bonchev–Trinajstić information content (AvgIpc) is 2.90. The fraction of sp³-hybridized carbons (Fsp3) is 0.310. The molecule has 0 unspecified atom stereocenters. The summed E-state index contributed by atoms with van der Waals surface area (Å²) < 4.78 is 54.3. The van der Waals surface area contributed by atoms with Crippen molar-refractivity contribution in [3.8, 4) is 0 Å². The number of hydrogen-bond acceptors (Lipinski definition) is 4. The lowest BCUT2D eigenvalue weighted by Gasteiger charge is -2.34. The molecule has 0 saturated carbocycles. The molecule has 0 aromatic heterocycles. The smallest absolute Gasteiger partial charge is 0.244 e. The quantitative estimate of drug-likeness (QED) is 0.360. The fourth-order valence-corrected chi connectivity index (χ4v) is 4.88. The molecule has 1 N–H and O–H groups in total. The number of benzene rings is 3. The van der Waals surface area contributed by atoms with Gasteiger partial charge in [-0.3, -0.25) is 13.9 Å². The largest absolute Gasteiger partial charge is 0.352 e. The van der Waals surface area contributed by atoms with Crippen molar-refractivity contribution >= 4 is 27.5 Å². The summed E-state index contributed by atoms with van der Waals surface area (Å²) in [6.45, 7) is 2.92. The van der Waals surface area contributed by atoms with Crippen molar-refractivity contribution in [3.63, 3.8) is 0 Å². The molecule has 0 spiro atoms. The Morgan fingerprint density at radius 2 is 1.51 bits per heavy atom. The SMILES string of the molecule is CC[C@@H](C)NC(=O)[C@H](Cc1ccccc1)N(Cc1ccc(F)cc1)C(=O)CN(c1ccccc1F)S(C)(=O)=O. The number of nitrogens with zero attached hydrogens (tertiary/aromatic N) is 2. The van der Waals surface area contributed by atoms with Gasteiger partial charge in [-0.1, -0.05) is 61.5 Å². The average molecular weight is 558 g/mol. The lowest BCUT2D eigenvalue weighted by molar-refractivity contribution is -0.140. The van der Waals surface area contributed by atoms with E-state index in [9.17, 15) is 26.8 Å². The molecule has 10 heteroatoms. The summed E-state index contributed by atoms with van der Waals surface area (Å²) in [5.74, 6) is -2.40. The monoisotopic (exact) mass is 557 g/mol. The van der Waals surface area contributed by atoms with Gasteiger partial charge < -0.3 is 10.2 Å². The van der Waals surface area contributed by atoms with E-state index in [4.69, 9.17) is 0 Å². The van der Waals surface area contributed by atoms with E-state index in [0.717, 1.165) is 17.9 Å². The second-order valence-electron chi connectivity index (χ2n) is 9.39. The maximum absolute atomic E-state index is 14.6. The van der Waals surface area contributed by atoms with Gasteiger partial charge in [0.05, 0.1) is 11.9 Å². The van der Waals surface area contributed by atoms with Gasteiger partial charge >= 0.3 is 0 Å². The molecular weight excluding hydrogens is 524 g/mol. The number of rotatable bonds is 12. The molecule has 7 nitrogen and oxygen atoms in total. The molecule has 0 aliphatic heterocycles. The molecule has 2 atom stereocenters. The number of sulfonamides is 1. The first kappa shape index (κ1) is 29.8. The van der Waals surface area contributed by atoms with Gasteiger partial charge in [0.1, 0.15) is 24.2 Å². The molecule has 0 bridgehead atoms. The summed E-state index contributed by atoms with van der Waals surface area (Å²) in [5.41, 5.74) is 1.04. The van der Waals surface area contributed by atoms with E-state index in [2.05, 4.69) is 5.32 Å². The lowest BCUT2D eigenvalue weighted by Crippen LogP contribution is -2.54. The Morgan fingerprint density at radius 1 is 0.897 bits per heavy atom. The number of para-hydroxylation sites is 1. The second-order valence-corrected chi connectivity index (χ2v) is 11.3. The Labute approximate surface area is 228 Å². The highest BCUT2D eigenvalue weighted by molar-refractivity contribution is 7.92. The van der Waals surface area contributed by atoms with Crippen molar-refractivity contribution < 1.29 is 26.8 Å². The maximum Gasteiger partial charge on any atom is 0.244 e. The minimum atomic E-state index is -4.08. The summed E-state index contributed by atoms with van der Waals surface area (Å²) in [6.07, 6.45) is 1.69. The normalized spacial score (nSPS) is 12.8. The van der Waals surface area contributed by atoms with Gasteiger partial charge in [0, 0.05) is 19.0 Å². The molecule has 39 heavy (non-hydrogen) atoms. The van der Waals surface area contributed by atoms with Crippen LogP contribution in [0, 0.1) is 11.6 Å². The van der Waals surface area contributed by atoms with Crippen LogP contribution in [0.1, 0.15) is 31.4 Å². The molecule has 0 radical (unpaired) electrons. The van der Waals surface area contributed by atoms with Crippen LogP contribution in [0.25, 0.3) is 0 Å². The van der Waals surface area contributed by atoms with Gasteiger partial charge in [0.25, 0.3) is 0 Å². The number of nitrogens with one attached hydrogen (secondary N) is 1. The zero-order valence-corrected chi connectivity index (χ0v) is 23.0. The van der Waals surface area contributed by atoms with Crippen molar-refractivity contribution in [1.82, 2.24) is 10.2 Å². The van der Waals surface area contributed by atoms with Crippen LogP contribution >= 0.6 is 0 Å². The predicted molar refractivity (Wildman–Crippen MR) is 147 cm³/mol. The fourth-order valence-electron chi connectivity index (χ4n) is 4.03. The van der Waals surface area contributed by atoms with Crippen LogP contribution in [0.5, 0.6) is 0 Å². The van der Waals surface area contributed by atoms with Gasteiger partial charge in [0.2, 0.25) is 21.8 Å². The lowest BCUT2D eigenvalue weighted by atomic mass is 10.0. The highest BCUT2D eigenvalue weighted by atomic mass is 32.2. The summed E-state index contributed by atoms with van der Waals surface area (Å²) in [6, 6.07) is 18.6. The van der Waals surface area contributed by atoms with E-state index in [0.29, 0.717) is 16.3 Å². The molecule has 3 aromatic carbocycles. The van der Waals surface area contributed by atoms with E-state index in [-0.39, 0.29) is 24.7 Å². The predicted octanol–water partition coefficient (Wildman–Crippen LogP) is 4.29. The van der Waals surface area contributed by atoms with Gasteiger partial charge in [0.15, 0.2) is 0 Å². The van der Waals surface area contributed by atoms with Crippen LogP contribution in [-0.4, -0.2) is 50.0 Å². The van der Waals surface area contributed by atoms with Crippen LogP contribution in [0.15, 0.2) is 78.9 Å². The second kappa shape index (κ2) is 13.3. The van der Waals surface area contributed by atoms with Crippen molar-refractivity contribution in [3.05, 3.63) is 102 Å². The Balaban J connectivity index is 2.06. The van der Waals surface area contributed by atoms with E-state index in [1.165, 1.54) is 47.4 Å². The summed E-state index contributed by atoms with van der Waals surface area (Å²) in [7, 11) is -4.08. The standard InChI is InChI=1S/C29H33F2N3O4S/c1-4-21(2)32-29(36)27(18-22-10-6-5-7-11-22)33(19-23-14-16-24(30)17-15-23)28(35)20-34(39(3,37)38)26-13-9-8-12-25(26)31/h5-17,21,27H,4,18-20H2,1-3H3,(H,32,36)/t21-,27+/m1/s1. The van der Waals surface area contributed by atoms with Gasteiger partial charge in [-0.2, -0.15) is 0 Å². The summed E-state index contributed by atoms with van der Waals surface area (Å²) in [4.78, 5) is 28.7. The van der Waals surface area contributed by atoms with Crippen LogP contribution in [0.4, 0.5) is 14.5 Å². The minimum absolute atomic E-state index is 0.0978. The molecule has 2 amide bonds. The zero-order chi connectivity index (χ0) is 28.6. The Kier molecular flexibility index (Phi) is 10.2. The molecule has 0 fully saturated rings. The van der Waals surface area contributed by atoms with Crippen LogP contribution in [0.2, 0.25) is 0 Å². The number of anilines is 1. The Bertz CT molecular complexity index is 1370. The highest BCUT2D eigenvalue weighted by Gasteiger charge is 2.34. The van der Waals surface area contributed by atoms with E-state index in [1.807, 2.05) is 44.2 Å². The van der Waals surface area contributed by atoms with E-state index < -0.39 is 46.1 Å². The molecule has 0 heterocycles. The van der Waals surface area contributed by atoms with E-state index >= 15 is 0 Å². The summed E-state index contributed by atoms with van der Waals surface area (Å²) in [5, 5.41) is 2.92. The number of hydrogen-bond donors (Lipinski definition) is 1. The summed E-state index contributed by atoms with van der Waals surface area (Å²) >= 11 is 0. The van der Waals surface area contributed by atoms with Gasteiger partial charge in [-0.15, -0.1) is 0 Å². The number of carbonyl (C=O) groups is 2. The zero-order valence-electron chi connectivity index (χ0n) is 22.2. The molecule has 3 rings (SSSR count). The number of carbonyl (C=O) groups excluding carboxylic acids is 2. The number of halogens is 2. The van der Waals surface area contributed by atoms with Crippen molar-refractivity contribution in [2.75, 3.05) is 17.1 Å². The first-order chi connectivity index (χ1) is 18.5. The molecule has 0 aliphatic rings. The van der Waals surface area contributed by atoms with Crippen molar-refractivity contribution in [2.45, 2.75) is 45.3 Å². The van der Waals surface area contributed by atoms with Gasteiger partial charge in [-0.25, -0.2) is 17.2 Å². The van der Waals surface area contributed by atoms with Crippen LogP contribution in [-0.2, 0) is 32.6 Å². The molecule has 0 aliphatic carbocycles. The maximum atomic E-state index is 14.6. The molecule has 0 saturated heterocycles. The van der Waals surface area contributed by atoms with E-state index in [1.54, 1.807) is 0 Å². The third-order valence-electron chi connectivity index (χ3n) is 6.34.